The summed E-state index contributed by atoms with van der Waals surface area (Å²) in [5.74, 6) is 0.690. The third kappa shape index (κ3) is 4.07. The zero-order chi connectivity index (χ0) is 17.9. The molecule has 1 N–H and O–H groups in total. The number of rotatable bonds is 6. The standard InChI is InChI=1S/C19H23N3O3/c1-19(2,12-25-16-9-4-5-10-20-16)22-17(23)14-11-13-7-6-8-15(13)21-18(14)24-3/h4-5,9-11H,6-8,12H2,1-3H3,(H,22,23). The molecule has 0 bridgehead atoms. The molecule has 0 unspecified atom stereocenters. The van der Waals surface area contributed by atoms with E-state index in [1.54, 1.807) is 12.3 Å². The van der Waals surface area contributed by atoms with Gasteiger partial charge in [0.2, 0.25) is 11.8 Å². The minimum atomic E-state index is -0.571. The average molecular weight is 341 g/mol. The van der Waals surface area contributed by atoms with Crippen molar-refractivity contribution >= 4 is 5.91 Å². The highest BCUT2D eigenvalue weighted by molar-refractivity contribution is 5.97. The maximum absolute atomic E-state index is 12.7. The van der Waals surface area contributed by atoms with Crippen LogP contribution in [0.1, 0.15) is 41.9 Å². The molecule has 1 amide bonds. The van der Waals surface area contributed by atoms with E-state index in [-0.39, 0.29) is 5.91 Å². The van der Waals surface area contributed by atoms with Crippen molar-refractivity contribution in [3.63, 3.8) is 0 Å². The third-order valence-electron chi connectivity index (χ3n) is 4.12. The molecule has 0 aliphatic heterocycles. The van der Waals surface area contributed by atoms with E-state index < -0.39 is 5.54 Å². The van der Waals surface area contributed by atoms with Gasteiger partial charge in [0.15, 0.2) is 0 Å². The van der Waals surface area contributed by atoms with E-state index in [9.17, 15) is 4.79 Å². The van der Waals surface area contributed by atoms with E-state index in [4.69, 9.17) is 9.47 Å². The molecule has 1 aliphatic rings. The number of pyridine rings is 2. The molecule has 3 rings (SSSR count). The predicted molar refractivity (Wildman–Crippen MR) is 94.1 cm³/mol. The molecule has 2 aromatic rings. The largest absolute Gasteiger partial charge is 0.480 e. The lowest BCUT2D eigenvalue weighted by Crippen LogP contribution is -2.48. The number of aromatic nitrogens is 2. The molecule has 25 heavy (non-hydrogen) atoms. The number of amides is 1. The maximum atomic E-state index is 12.7. The summed E-state index contributed by atoms with van der Waals surface area (Å²) < 4.78 is 11.0. The van der Waals surface area contributed by atoms with Crippen molar-refractivity contribution in [2.45, 2.75) is 38.6 Å². The van der Waals surface area contributed by atoms with Gasteiger partial charge in [-0.3, -0.25) is 4.79 Å². The minimum Gasteiger partial charge on any atom is -0.480 e. The van der Waals surface area contributed by atoms with Crippen molar-refractivity contribution in [1.82, 2.24) is 15.3 Å². The van der Waals surface area contributed by atoms with Crippen molar-refractivity contribution < 1.29 is 14.3 Å². The van der Waals surface area contributed by atoms with Crippen molar-refractivity contribution in [1.29, 1.82) is 0 Å². The summed E-state index contributed by atoms with van der Waals surface area (Å²) in [6.07, 6.45) is 4.64. The molecule has 0 aromatic carbocycles. The minimum absolute atomic E-state index is 0.214. The molecule has 6 heteroatoms. The van der Waals surface area contributed by atoms with Crippen LogP contribution in [-0.2, 0) is 12.8 Å². The summed E-state index contributed by atoms with van der Waals surface area (Å²) in [7, 11) is 1.54. The zero-order valence-corrected chi connectivity index (χ0v) is 14.8. The molecule has 1 aliphatic carbocycles. The average Bonchev–Trinajstić information content (AvgIpc) is 3.07. The number of carbonyl (C=O) groups excluding carboxylic acids is 1. The van der Waals surface area contributed by atoms with Gasteiger partial charge in [-0.05, 0) is 50.8 Å². The number of aryl methyl sites for hydroxylation is 2. The molecule has 0 atom stereocenters. The van der Waals surface area contributed by atoms with Gasteiger partial charge in [0.1, 0.15) is 12.2 Å². The Bertz CT molecular complexity index is 760. The molecular formula is C19H23N3O3. The second-order valence-electron chi connectivity index (χ2n) is 6.80. The first-order valence-electron chi connectivity index (χ1n) is 8.42. The Kier molecular flexibility index (Phi) is 4.88. The van der Waals surface area contributed by atoms with Crippen LogP contribution in [0.2, 0.25) is 0 Å². The van der Waals surface area contributed by atoms with Crippen LogP contribution in [0.5, 0.6) is 11.8 Å². The summed E-state index contributed by atoms with van der Waals surface area (Å²) in [5, 5.41) is 3.00. The number of methoxy groups -OCH3 is 1. The van der Waals surface area contributed by atoms with Crippen molar-refractivity contribution in [3.8, 4) is 11.8 Å². The monoisotopic (exact) mass is 341 g/mol. The molecule has 2 aromatic heterocycles. The van der Waals surface area contributed by atoms with Gasteiger partial charge in [-0.25, -0.2) is 9.97 Å². The molecular weight excluding hydrogens is 318 g/mol. The first-order chi connectivity index (χ1) is 12.0. The van der Waals surface area contributed by atoms with E-state index in [1.807, 2.05) is 32.0 Å². The number of carbonyl (C=O) groups is 1. The molecule has 0 saturated carbocycles. The lowest BCUT2D eigenvalue weighted by molar-refractivity contribution is 0.0875. The van der Waals surface area contributed by atoms with Crippen LogP contribution < -0.4 is 14.8 Å². The molecule has 132 valence electrons. The highest BCUT2D eigenvalue weighted by Gasteiger charge is 2.26. The molecule has 0 spiro atoms. The van der Waals surface area contributed by atoms with Crippen molar-refractivity contribution in [2.24, 2.45) is 0 Å². The summed E-state index contributed by atoms with van der Waals surface area (Å²) in [4.78, 5) is 21.4. The Balaban J connectivity index is 1.70. The molecule has 6 nitrogen and oxygen atoms in total. The predicted octanol–water partition coefficient (Wildman–Crippen LogP) is 2.56. The first-order valence-corrected chi connectivity index (χ1v) is 8.42. The fraction of sp³-hybridized carbons (Fsp3) is 0.421. The first kappa shape index (κ1) is 17.2. The fourth-order valence-electron chi connectivity index (χ4n) is 2.87. The van der Waals surface area contributed by atoms with E-state index in [2.05, 4.69) is 15.3 Å². The van der Waals surface area contributed by atoms with Gasteiger partial charge < -0.3 is 14.8 Å². The Labute approximate surface area is 147 Å². The number of ether oxygens (including phenoxy) is 2. The van der Waals surface area contributed by atoms with Crippen molar-refractivity contribution in [3.05, 3.63) is 47.3 Å². The van der Waals surface area contributed by atoms with Crippen LogP contribution in [0, 0.1) is 0 Å². The highest BCUT2D eigenvalue weighted by atomic mass is 16.5. The van der Waals surface area contributed by atoms with E-state index in [1.165, 1.54) is 7.11 Å². The Morgan fingerprint density at radius 1 is 1.32 bits per heavy atom. The summed E-state index contributed by atoms with van der Waals surface area (Å²) in [5.41, 5.74) is 2.06. The maximum Gasteiger partial charge on any atom is 0.257 e. The third-order valence-corrected chi connectivity index (χ3v) is 4.12. The topological polar surface area (TPSA) is 73.3 Å². The lowest BCUT2D eigenvalue weighted by Gasteiger charge is -2.26. The van der Waals surface area contributed by atoms with Crippen LogP contribution in [0.25, 0.3) is 0 Å². The second kappa shape index (κ2) is 7.09. The van der Waals surface area contributed by atoms with Gasteiger partial charge in [0.05, 0.1) is 12.6 Å². The zero-order valence-electron chi connectivity index (χ0n) is 14.8. The smallest absolute Gasteiger partial charge is 0.257 e. The van der Waals surface area contributed by atoms with E-state index >= 15 is 0 Å². The Hall–Kier alpha value is -2.63. The number of hydrogen-bond acceptors (Lipinski definition) is 5. The van der Waals surface area contributed by atoms with Gasteiger partial charge in [-0.2, -0.15) is 0 Å². The van der Waals surface area contributed by atoms with Crippen LogP contribution in [-0.4, -0.2) is 35.1 Å². The van der Waals surface area contributed by atoms with Gasteiger partial charge in [0, 0.05) is 18.0 Å². The van der Waals surface area contributed by atoms with Crippen LogP contribution >= 0.6 is 0 Å². The molecule has 2 heterocycles. The Morgan fingerprint density at radius 2 is 2.16 bits per heavy atom. The lowest BCUT2D eigenvalue weighted by atomic mass is 10.1. The van der Waals surface area contributed by atoms with Gasteiger partial charge in [-0.15, -0.1) is 0 Å². The quantitative estimate of drug-likeness (QED) is 0.874. The molecule has 0 fully saturated rings. The number of hydrogen-bond donors (Lipinski definition) is 1. The fourth-order valence-corrected chi connectivity index (χ4v) is 2.87. The molecule has 0 radical (unpaired) electrons. The Morgan fingerprint density at radius 3 is 2.88 bits per heavy atom. The summed E-state index contributed by atoms with van der Waals surface area (Å²) in [6, 6.07) is 7.37. The van der Waals surface area contributed by atoms with Crippen LogP contribution in [0.15, 0.2) is 30.5 Å². The van der Waals surface area contributed by atoms with Gasteiger partial charge >= 0.3 is 0 Å². The summed E-state index contributed by atoms with van der Waals surface area (Å²) in [6.45, 7) is 4.11. The molecule has 0 saturated heterocycles. The number of nitrogens with one attached hydrogen (secondary N) is 1. The number of nitrogens with zero attached hydrogens (tertiary/aromatic N) is 2. The number of fused-ring (bicyclic) bond motifs is 1. The highest BCUT2D eigenvalue weighted by Crippen LogP contribution is 2.26. The summed E-state index contributed by atoms with van der Waals surface area (Å²) >= 11 is 0. The van der Waals surface area contributed by atoms with Gasteiger partial charge in [-0.1, -0.05) is 6.07 Å². The van der Waals surface area contributed by atoms with E-state index in [0.29, 0.717) is 23.9 Å². The van der Waals surface area contributed by atoms with Crippen LogP contribution in [0.3, 0.4) is 0 Å². The SMILES string of the molecule is COc1nc2c(cc1C(=O)NC(C)(C)COc1ccccn1)CCC2. The normalized spacial score (nSPS) is 13.2. The van der Waals surface area contributed by atoms with Gasteiger partial charge in [0.25, 0.3) is 5.91 Å². The second-order valence-corrected chi connectivity index (χ2v) is 6.80. The van der Waals surface area contributed by atoms with Crippen molar-refractivity contribution in [2.75, 3.05) is 13.7 Å². The van der Waals surface area contributed by atoms with E-state index in [0.717, 1.165) is 30.5 Å². The van der Waals surface area contributed by atoms with Crippen LogP contribution in [0.4, 0.5) is 0 Å².